The molecule has 3 nitrogen and oxygen atoms in total. The Labute approximate surface area is 115 Å². The molecule has 0 aromatic carbocycles. The minimum Gasteiger partial charge on any atom is -0.851 e. The van der Waals surface area contributed by atoms with E-state index in [1.807, 2.05) is 0 Å². The van der Waals surface area contributed by atoms with Gasteiger partial charge in [-0.05, 0) is 25.7 Å². The van der Waals surface area contributed by atoms with E-state index < -0.39 is 6.10 Å². The van der Waals surface area contributed by atoms with Gasteiger partial charge in [0.25, 0.3) is 0 Å². The summed E-state index contributed by atoms with van der Waals surface area (Å²) in [7, 11) is 0. The second-order valence-corrected chi connectivity index (χ2v) is 5.49. The maximum Gasteiger partial charge on any atom is 1.00 e. The summed E-state index contributed by atoms with van der Waals surface area (Å²) < 4.78 is 5.98. The van der Waals surface area contributed by atoms with Crippen molar-refractivity contribution in [3.8, 4) is 0 Å². The van der Waals surface area contributed by atoms with Crippen molar-refractivity contribution in [3.05, 3.63) is 0 Å². The Morgan fingerprint density at radius 3 is 2.47 bits per heavy atom. The van der Waals surface area contributed by atoms with Crippen LogP contribution in [0.4, 0.5) is 0 Å². The van der Waals surface area contributed by atoms with Crippen molar-refractivity contribution >= 4 is 5.90 Å². The standard InChI is InChI=1S/C13H20NO2.Li/c15-11-7-3-1-5-9(11)13-14-10-6-2-4-8-12(10)16-13;/h9-12H,1-8H2;/q-1;+1/p+1. The van der Waals surface area contributed by atoms with E-state index in [-0.39, 0.29) is 24.8 Å². The van der Waals surface area contributed by atoms with Crippen molar-refractivity contribution in [3.63, 3.8) is 0 Å². The summed E-state index contributed by atoms with van der Waals surface area (Å²) in [5.74, 6) is 1.08. The molecule has 1 N–H and O–H groups in total. The fourth-order valence-electron chi connectivity index (χ4n) is 3.37. The molecule has 0 bridgehead atoms. The van der Waals surface area contributed by atoms with Gasteiger partial charge < -0.3 is 9.84 Å². The Morgan fingerprint density at radius 2 is 1.71 bits per heavy atom. The maximum absolute atomic E-state index is 11.9. The molecule has 2 aliphatic carbocycles. The maximum atomic E-state index is 11.9. The largest absolute Gasteiger partial charge is 1.00 e. The second-order valence-electron chi connectivity index (χ2n) is 5.49. The summed E-state index contributed by atoms with van der Waals surface area (Å²) in [6.07, 6.45) is 9.02. The van der Waals surface area contributed by atoms with Gasteiger partial charge in [0.05, 0.1) is 5.92 Å². The number of fused-ring (bicyclic) bond motifs is 1. The minimum absolute atomic E-state index is 0. The van der Waals surface area contributed by atoms with Crippen LogP contribution in [0.25, 0.3) is 0 Å². The number of nitrogens with one attached hydrogen (secondary N) is 1. The van der Waals surface area contributed by atoms with Crippen LogP contribution in [0.3, 0.4) is 0 Å². The Bertz CT molecular complexity index is 295. The fourth-order valence-corrected chi connectivity index (χ4v) is 3.37. The smallest absolute Gasteiger partial charge is 0.851 e. The molecule has 1 heterocycles. The quantitative estimate of drug-likeness (QED) is 0.480. The molecular weight excluding hydrogens is 209 g/mol. The van der Waals surface area contributed by atoms with Gasteiger partial charge >= 0.3 is 24.8 Å². The zero-order chi connectivity index (χ0) is 11.0. The Balaban J connectivity index is 0.00000108. The average Bonchev–Trinajstić information content (AvgIpc) is 2.73. The first-order chi connectivity index (χ1) is 7.84. The molecule has 3 aliphatic rings. The van der Waals surface area contributed by atoms with Crippen LogP contribution in [0, 0.1) is 5.92 Å². The summed E-state index contributed by atoms with van der Waals surface area (Å²) in [4.78, 5) is 3.49. The first kappa shape index (κ1) is 13.5. The third-order valence-electron chi connectivity index (χ3n) is 4.35. The number of hydrogen-bond donors (Lipinski definition) is 1. The Kier molecular flexibility index (Phi) is 4.57. The Morgan fingerprint density at radius 1 is 1.00 bits per heavy atom. The second kappa shape index (κ2) is 5.78. The van der Waals surface area contributed by atoms with Crippen LogP contribution in [0.1, 0.15) is 51.4 Å². The molecule has 0 saturated heterocycles. The van der Waals surface area contributed by atoms with Crippen molar-refractivity contribution in [1.29, 1.82) is 0 Å². The topological polar surface area (TPSA) is 46.3 Å². The van der Waals surface area contributed by atoms with Crippen molar-refractivity contribution in [2.24, 2.45) is 5.92 Å². The van der Waals surface area contributed by atoms with Gasteiger partial charge in [-0.3, -0.25) is 0 Å². The summed E-state index contributed by atoms with van der Waals surface area (Å²) in [5.41, 5.74) is 0. The molecule has 17 heavy (non-hydrogen) atoms. The summed E-state index contributed by atoms with van der Waals surface area (Å²) in [6, 6.07) is 0.498. The van der Waals surface area contributed by atoms with E-state index >= 15 is 0 Å². The zero-order valence-electron chi connectivity index (χ0n) is 10.8. The fraction of sp³-hybridized carbons (Fsp3) is 0.923. The molecule has 0 aromatic heterocycles. The van der Waals surface area contributed by atoms with Gasteiger partial charge in [-0.2, -0.15) is 0 Å². The molecule has 0 spiro atoms. The van der Waals surface area contributed by atoms with E-state index in [1.165, 1.54) is 25.7 Å². The van der Waals surface area contributed by atoms with E-state index in [1.54, 1.807) is 0 Å². The first-order valence-corrected chi connectivity index (χ1v) is 6.80. The predicted octanol–water partition coefficient (Wildman–Crippen LogP) is -3.27. The van der Waals surface area contributed by atoms with Crippen molar-refractivity contribution in [2.75, 3.05) is 0 Å². The molecule has 4 atom stereocenters. The normalized spacial score (nSPS) is 40.9. The van der Waals surface area contributed by atoms with Crippen LogP contribution in [-0.2, 0) is 4.74 Å². The van der Waals surface area contributed by atoms with Gasteiger partial charge in [-0.15, -0.1) is 6.10 Å². The predicted molar refractivity (Wildman–Crippen MR) is 58.8 cm³/mol. The molecule has 2 saturated carbocycles. The molecule has 0 radical (unpaired) electrons. The molecule has 3 rings (SSSR count). The van der Waals surface area contributed by atoms with Gasteiger partial charge in [0.2, 0.25) is 0 Å². The first-order valence-electron chi connectivity index (χ1n) is 6.80. The van der Waals surface area contributed by atoms with Gasteiger partial charge in [0.1, 0.15) is 0 Å². The molecule has 1 aliphatic heterocycles. The summed E-state index contributed by atoms with van der Waals surface area (Å²) >= 11 is 0. The monoisotopic (exact) mass is 230 g/mol. The van der Waals surface area contributed by atoms with Gasteiger partial charge in [0.15, 0.2) is 12.1 Å². The van der Waals surface area contributed by atoms with E-state index in [2.05, 4.69) is 4.99 Å². The van der Waals surface area contributed by atoms with Crippen LogP contribution in [0.2, 0.25) is 0 Å². The van der Waals surface area contributed by atoms with Crippen LogP contribution >= 0.6 is 0 Å². The SMILES string of the molecule is [Li+].[O-]C1CCCCC1C1=[NH+]C2CCCCC2O1. The molecular formula is C13H21LiNO2+. The minimum atomic E-state index is -0.434. The van der Waals surface area contributed by atoms with Crippen LogP contribution in [-0.4, -0.2) is 24.1 Å². The molecule has 4 heteroatoms. The molecule has 0 aromatic rings. The van der Waals surface area contributed by atoms with Crippen LogP contribution in [0.5, 0.6) is 0 Å². The van der Waals surface area contributed by atoms with Crippen molar-refractivity contribution < 1.29 is 33.7 Å². The average molecular weight is 230 g/mol. The van der Waals surface area contributed by atoms with Gasteiger partial charge in [0, 0.05) is 6.42 Å². The third kappa shape index (κ3) is 2.72. The molecule has 4 unspecified atom stereocenters. The third-order valence-corrected chi connectivity index (χ3v) is 4.35. The van der Waals surface area contributed by atoms with Crippen LogP contribution < -0.4 is 29.0 Å². The van der Waals surface area contributed by atoms with Crippen molar-refractivity contribution in [1.82, 2.24) is 0 Å². The summed E-state index contributed by atoms with van der Waals surface area (Å²) in [6.45, 7) is 0. The molecule has 90 valence electrons. The zero-order valence-corrected chi connectivity index (χ0v) is 10.8. The van der Waals surface area contributed by atoms with Gasteiger partial charge in [-0.25, -0.2) is 4.99 Å². The molecule has 0 amide bonds. The number of ether oxygens (including phenoxy) is 1. The van der Waals surface area contributed by atoms with E-state index in [4.69, 9.17) is 4.74 Å². The van der Waals surface area contributed by atoms with Gasteiger partial charge in [-0.1, -0.05) is 19.3 Å². The number of rotatable bonds is 1. The van der Waals surface area contributed by atoms with Crippen molar-refractivity contribution in [2.45, 2.75) is 69.6 Å². The Hall–Kier alpha value is 0.0274. The van der Waals surface area contributed by atoms with E-state index in [0.717, 1.165) is 31.6 Å². The number of hydrogen-bond acceptors (Lipinski definition) is 2. The van der Waals surface area contributed by atoms with E-state index in [9.17, 15) is 5.11 Å². The molecule has 2 fully saturated rings. The van der Waals surface area contributed by atoms with E-state index in [0.29, 0.717) is 12.1 Å². The summed E-state index contributed by atoms with van der Waals surface area (Å²) in [5, 5.41) is 11.9. The van der Waals surface area contributed by atoms with Crippen LogP contribution in [0.15, 0.2) is 0 Å².